The largest absolute Gasteiger partial charge is 0.337 e. The fourth-order valence-electron chi connectivity index (χ4n) is 2.25. The lowest BCUT2D eigenvalue weighted by molar-refractivity contribution is 0.462. The molecule has 0 aliphatic rings. The number of hydrogen-bond donors (Lipinski definition) is 1. The van der Waals surface area contributed by atoms with Gasteiger partial charge >= 0.3 is 0 Å². The zero-order chi connectivity index (χ0) is 14.7. The van der Waals surface area contributed by atoms with Gasteiger partial charge in [0.2, 0.25) is 0 Å². The molecule has 2 aromatic heterocycles. The molecule has 2 aromatic rings. The van der Waals surface area contributed by atoms with Gasteiger partial charge in [-0.15, -0.1) is 0 Å². The van der Waals surface area contributed by atoms with Gasteiger partial charge in [0.15, 0.2) is 0 Å². The summed E-state index contributed by atoms with van der Waals surface area (Å²) in [6, 6.07) is 1.93. The Hall–Kier alpha value is -1.91. The van der Waals surface area contributed by atoms with Gasteiger partial charge in [-0.05, 0) is 18.8 Å². The highest BCUT2D eigenvalue weighted by Gasteiger charge is 2.15. The van der Waals surface area contributed by atoms with Crippen molar-refractivity contribution in [2.24, 2.45) is 5.92 Å². The second kappa shape index (κ2) is 6.03. The van der Waals surface area contributed by atoms with Gasteiger partial charge in [0.05, 0.1) is 17.6 Å². The van der Waals surface area contributed by atoms with E-state index in [0.29, 0.717) is 11.8 Å². The van der Waals surface area contributed by atoms with Crippen LogP contribution in [0.3, 0.4) is 0 Å². The number of aryl methyl sites for hydroxylation is 1. The van der Waals surface area contributed by atoms with Crippen molar-refractivity contribution in [3.05, 3.63) is 30.0 Å². The molecule has 5 nitrogen and oxygen atoms in total. The number of nitrogens with zero attached hydrogens (tertiary/aromatic N) is 4. The van der Waals surface area contributed by atoms with Crippen molar-refractivity contribution in [1.29, 1.82) is 0 Å². The molecule has 0 aliphatic heterocycles. The van der Waals surface area contributed by atoms with Crippen molar-refractivity contribution in [1.82, 2.24) is 19.7 Å². The van der Waals surface area contributed by atoms with Crippen molar-refractivity contribution in [2.45, 2.75) is 47.1 Å². The first-order valence-electron chi connectivity index (χ1n) is 7.08. The molecule has 2 rings (SSSR count). The van der Waals surface area contributed by atoms with Gasteiger partial charge in [0.25, 0.3) is 0 Å². The Balaban J connectivity index is 2.29. The fraction of sp³-hybridized carbons (Fsp3) is 0.533. The zero-order valence-electron chi connectivity index (χ0n) is 12.9. The second-order valence-corrected chi connectivity index (χ2v) is 5.84. The van der Waals surface area contributed by atoms with Crippen molar-refractivity contribution in [2.75, 3.05) is 5.32 Å². The SMILES string of the molecule is Cc1cc(Nc2cnn(CC(C)C)c2C(C)C)ncn1. The summed E-state index contributed by atoms with van der Waals surface area (Å²) < 4.78 is 2.09. The summed E-state index contributed by atoms with van der Waals surface area (Å²) in [6.07, 6.45) is 3.46. The molecule has 0 atom stereocenters. The van der Waals surface area contributed by atoms with Crippen LogP contribution in [0.2, 0.25) is 0 Å². The van der Waals surface area contributed by atoms with Crippen LogP contribution in [0.1, 0.15) is 45.0 Å². The fourth-order valence-corrected chi connectivity index (χ4v) is 2.25. The topological polar surface area (TPSA) is 55.6 Å². The summed E-state index contributed by atoms with van der Waals surface area (Å²) in [5.74, 6) is 1.78. The van der Waals surface area contributed by atoms with Crippen molar-refractivity contribution in [3.8, 4) is 0 Å². The smallest absolute Gasteiger partial charge is 0.134 e. The van der Waals surface area contributed by atoms with Gasteiger partial charge in [0, 0.05) is 18.3 Å². The molecule has 5 heteroatoms. The molecular formula is C15H23N5. The van der Waals surface area contributed by atoms with E-state index >= 15 is 0 Å². The summed E-state index contributed by atoms with van der Waals surface area (Å²) in [4.78, 5) is 8.36. The number of aromatic nitrogens is 4. The molecule has 2 heterocycles. The Labute approximate surface area is 120 Å². The van der Waals surface area contributed by atoms with Crippen molar-refractivity contribution in [3.63, 3.8) is 0 Å². The van der Waals surface area contributed by atoms with E-state index in [0.717, 1.165) is 23.7 Å². The molecule has 0 saturated carbocycles. The Morgan fingerprint density at radius 3 is 2.55 bits per heavy atom. The standard InChI is InChI=1S/C15H23N5/c1-10(2)8-20-15(11(3)4)13(7-18-20)19-14-6-12(5)16-9-17-14/h6-7,9-11H,8H2,1-5H3,(H,16,17,19). The third-order valence-corrected chi connectivity index (χ3v) is 3.03. The van der Waals surface area contributed by atoms with Gasteiger partial charge < -0.3 is 5.32 Å². The normalized spacial score (nSPS) is 11.3. The third kappa shape index (κ3) is 3.35. The summed E-state index contributed by atoms with van der Waals surface area (Å²) >= 11 is 0. The lowest BCUT2D eigenvalue weighted by atomic mass is 10.1. The zero-order valence-corrected chi connectivity index (χ0v) is 12.9. The predicted molar refractivity (Wildman–Crippen MR) is 81.2 cm³/mol. The van der Waals surface area contributed by atoms with Gasteiger partial charge in [-0.3, -0.25) is 4.68 Å². The van der Waals surface area contributed by atoms with Crippen molar-refractivity contribution >= 4 is 11.5 Å². The Morgan fingerprint density at radius 2 is 1.95 bits per heavy atom. The molecule has 0 amide bonds. The Kier molecular flexibility index (Phi) is 4.37. The first-order chi connectivity index (χ1) is 9.47. The monoisotopic (exact) mass is 273 g/mol. The molecule has 108 valence electrons. The van der Waals surface area contributed by atoms with Crippen molar-refractivity contribution < 1.29 is 0 Å². The molecule has 0 spiro atoms. The van der Waals surface area contributed by atoms with Gasteiger partial charge in [-0.2, -0.15) is 5.10 Å². The quantitative estimate of drug-likeness (QED) is 0.905. The average Bonchev–Trinajstić information content (AvgIpc) is 2.71. The molecule has 0 bridgehead atoms. The van der Waals surface area contributed by atoms with E-state index in [-0.39, 0.29) is 0 Å². The van der Waals surface area contributed by atoms with E-state index in [1.807, 2.05) is 19.2 Å². The van der Waals surface area contributed by atoms with Gasteiger partial charge in [-0.1, -0.05) is 27.7 Å². The number of nitrogens with one attached hydrogen (secondary N) is 1. The van der Waals surface area contributed by atoms with Crippen LogP contribution >= 0.6 is 0 Å². The Morgan fingerprint density at radius 1 is 1.20 bits per heavy atom. The molecule has 0 fully saturated rings. The highest BCUT2D eigenvalue weighted by Crippen LogP contribution is 2.27. The maximum Gasteiger partial charge on any atom is 0.134 e. The molecular weight excluding hydrogens is 250 g/mol. The number of rotatable bonds is 5. The first kappa shape index (κ1) is 14.5. The van der Waals surface area contributed by atoms with E-state index in [1.54, 1.807) is 6.33 Å². The lowest BCUT2D eigenvalue weighted by Crippen LogP contribution is -2.11. The van der Waals surface area contributed by atoms with Gasteiger partial charge in [-0.25, -0.2) is 9.97 Å². The van der Waals surface area contributed by atoms with Crippen LogP contribution in [0, 0.1) is 12.8 Å². The van der Waals surface area contributed by atoms with Crippen LogP contribution in [0.5, 0.6) is 0 Å². The van der Waals surface area contributed by atoms with Crippen LogP contribution in [0.25, 0.3) is 0 Å². The van der Waals surface area contributed by atoms with Crippen LogP contribution in [-0.4, -0.2) is 19.7 Å². The van der Waals surface area contributed by atoms with Crippen LogP contribution < -0.4 is 5.32 Å². The van der Waals surface area contributed by atoms with Gasteiger partial charge in [0.1, 0.15) is 12.1 Å². The maximum atomic E-state index is 4.51. The lowest BCUT2D eigenvalue weighted by Gasteiger charge is -2.15. The average molecular weight is 273 g/mol. The van der Waals surface area contributed by atoms with Crippen LogP contribution in [-0.2, 0) is 6.54 Å². The van der Waals surface area contributed by atoms with E-state index in [9.17, 15) is 0 Å². The minimum Gasteiger partial charge on any atom is -0.337 e. The van der Waals surface area contributed by atoms with E-state index in [4.69, 9.17) is 0 Å². The molecule has 20 heavy (non-hydrogen) atoms. The Bertz CT molecular complexity index is 571. The van der Waals surface area contributed by atoms with Crippen LogP contribution in [0.4, 0.5) is 11.5 Å². The number of hydrogen-bond acceptors (Lipinski definition) is 4. The van der Waals surface area contributed by atoms with E-state index in [1.165, 1.54) is 5.69 Å². The maximum absolute atomic E-state index is 4.51. The van der Waals surface area contributed by atoms with E-state index in [2.05, 4.69) is 52.8 Å². The molecule has 1 N–H and O–H groups in total. The second-order valence-electron chi connectivity index (χ2n) is 5.84. The molecule has 0 radical (unpaired) electrons. The van der Waals surface area contributed by atoms with E-state index < -0.39 is 0 Å². The molecule has 0 saturated heterocycles. The molecule has 0 aliphatic carbocycles. The van der Waals surface area contributed by atoms with Crippen LogP contribution in [0.15, 0.2) is 18.6 Å². The minimum absolute atomic E-state index is 0.404. The highest BCUT2D eigenvalue weighted by molar-refractivity contribution is 5.58. The number of anilines is 2. The molecule has 0 aromatic carbocycles. The summed E-state index contributed by atoms with van der Waals surface area (Å²) in [6.45, 7) is 11.7. The molecule has 0 unspecified atom stereocenters. The summed E-state index contributed by atoms with van der Waals surface area (Å²) in [5.41, 5.74) is 3.19. The highest BCUT2D eigenvalue weighted by atomic mass is 15.3. The minimum atomic E-state index is 0.404. The summed E-state index contributed by atoms with van der Waals surface area (Å²) in [5, 5.41) is 7.86. The first-order valence-corrected chi connectivity index (χ1v) is 7.08. The predicted octanol–water partition coefficient (Wildman–Crippen LogP) is 3.50. The third-order valence-electron chi connectivity index (χ3n) is 3.03. The summed E-state index contributed by atoms with van der Waals surface area (Å²) in [7, 11) is 0.